The first-order chi connectivity index (χ1) is 6.02. The summed E-state index contributed by atoms with van der Waals surface area (Å²) in [4.78, 5) is 10.8. The summed E-state index contributed by atoms with van der Waals surface area (Å²) in [5.74, 6) is -0.938. The van der Waals surface area contributed by atoms with Crippen LogP contribution in [0.4, 0.5) is 0 Å². The fraction of sp³-hybridized carbons (Fsp3) is 0.556. The molecule has 1 aromatic rings. The van der Waals surface area contributed by atoms with Gasteiger partial charge >= 0.3 is 5.97 Å². The van der Waals surface area contributed by atoms with E-state index in [1.165, 1.54) is 0 Å². The molecule has 70 valence electrons. The van der Waals surface area contributed by atoms with Crippen molar-refractivity contribution in [3.8, 4) is 0 Å². The predicted molar refractivity (Wildman–Crippen MR) is 46.9 cm³/mol. The van der Waals surface area contributed by atoms with Gasteiger partial charge in [-0.15, -0.1) is 0 Å². The van der Waals surface area contributed by atoms with Crippen molar-refractivity contribution in [3.63, 3.8) is 0 Å². The van der Waals surface area contributed by atoms with Crippen LogP contribution in [0, 0.1) is 0 Å². The number of nitrogens with one attached hydrogen (secondary N) is 1. The smallest absolute Gasteiger partial charge is 0.356 e. The summed E-state index contributed by atoms with van der Waals surface area (Å²) in [5.41, 5.74) is 2.02. The second kappa shape index (κ2) is 2.34. The number of carbonyl (C=O) groups is 1. The molecule has 0 aliphatic heterocycles. The standard InChI is InChI=1S/C9H12N2O2/c1-9(2)4-3-5-6(9)7(8(12)13)11-10-5/h3-4H2,1-2H3,(H,10,11)(H,12,13). The van der Waals surface area contributed by atoms with Crippen molar-refractivity contribution >= 4 is 5.97 Å². The van der Waals surface area contributed by atoms with Crippen LogP contribution in [0.25, 0.3) is 0 Å². The van der Waals surface area contributed by atoms with Crippen LogP contribution >= 0.6 is 0 Å². The molecule has 13 heavy (non-hydrogen) atoms. The van der Waals surface area contributed by atoms with E-state index < -0.39 is 5.97 Å². The molecule has 2 N–H and O–H groups in total. The predicted octanol–water partition coefficient (Wildman–Crippen LogP) is 1.33. The van der Waals surface area contributed by atoms with Gasteiger partial charge in [-0.1, -0.05) is 13.8 Å². The zero-order chi connectivity index (χ0) is 9.64. The molecule has 1 aliphatic carbocycles. The van der Waals surface area contributed by atoms with Gasteiger partial charge in [0.25, 0.3) is 0 Å². The van der Waals surface area contributed by atoms with Crippen molar-refractivity contribution < 1.29 is 9.90 Å². The van der Waals surface area contributed by atoms with Gasteiger partial charge in [0.05, 0.1) is 0 Å². The number of aromatic nitrogens is 2. The number of aromatic carboxylic acids is 1. The van der Waals surface area contributed by atoms with Crippen LogP contribution in [0.1, 0.15) is 42.0 Å². The highest BCUT2D eigenvalue weighted by atomic mass is 16.4. The van der Waals surface area contributed by atoms with Crippen molar-refractivity contribution in [3.05, 3.63) is 17.0 Å². The molecule has 0 spiro atoms. The first kappa shape index (κ1) is 8.29. The summed E-state index contributed by atoms with van der Waals surface area (Å²) in [6.07, 6.45) is 1.90. The third kappa shape index (κ3) is 1.05. The van der Waals surface area contributed by atoms with Crippen LogP contribution in [0.2, 0.25) is 0 Å². The fourth-order valence-electron chi connectivity index (χ4n) is 2.01. The van der Waals surface area contributed by atoms with E-state index in [1.807, 2.05) is 0 Å². The van der Waals surface area contributed by atoms with Gasteiger partial charge in [0, 0.05) is 11.3 Å². The summed E-state index contributed by atoms with van der Waals surface area (Å²) in [6, 6.07) is 0. The number of nitrogens with zero attached hydrogens (tertiary/aromatic N) is 1. The minimum absolute atomic E-state index is 0.0456. The van der Waals surface area contributed by atoms with Gasteiger partial charge in [0.2, 0.25) is 0 Å². The number of rotatable bonds is 1. The van der Waals surface area contributed by atoms with Crippen molar-refractivity contribution in [2.75, 3.05) is 0 Å². The molecule has 0 aromatic carbocycles. The molecular formula is C9H12N2O2. The molecule has 0 atom stereocenters. The molecule has 1 aromatic heterocycles. The molecule has 4 heteroatoms. The van der Waals surface area contributed by atoms with E-state index in [2.05, 4.69) is 24.0 Å². The summed E-state index contributed by atoms with van der Waals surface area (Å²) in [6.45, 7) is 4.11. The number of aromatic amines is 1. The molecule has 1 heterocycles. The summed E-state index contributed by atoms with van der Waals surface area (Å²) >= 11 is 0. The van der Waals surface area contributed by atoms with E-state index in [0.29, 0.717) is 0 Å². The lowest BCUT2D eigenvalue weighted by molar-refractivity contribution is 0.0687. The van der Waals surface area contributed by atoms with Crippen molar-refractivity contribution in [1.29, 1.82) is 0 Å². The first-order valence-electron chi connectivity index (χ1n) is 4.33. The minimum atomic E-state index is -0.938. The van der Waals surface area contributed by atoms with Crippen molar-refractivity contribution in [2.45, 2.75) is 32.1 Å². The normalized spacial score (nSPS) is 18.6. The maximum Gasteiger partial charge on any atom is 0.356 e. The molecule has 0 bridgehead atoms. The third-order valence-corrected chi connectivity index (χ3v) is 2.72. The average Bonchev–Trinajstić information content (AvgIpc) is 2.53. The van der Waals surface area contributed by atoms with Crippen LogP contribution < -0.4 is 0 Å². The van der Waals surface area contributed by atoms with E-state index in [4.69, 9.17) is 5.11 Å². The maximum atomic E-state index is 10.8. The van der Waals surface area contributed by atoms with Crippen LogP contribution in [-0.4, -0.2) is 21.3 Å². The topological polar surface area (TPSA) is 66.0 Å². The molecule has 0 saturated heterocycles. The van der Waals surface area contributed by atoms with Crippen LogP contribution in [0.5, 0.6) is 0 Å². The number of carboxylic acid groups (broad SMARTS) is 1. The Morgan fingerprint density at radius 2 is 2.31 bits per heavy atom. The molecule has 0 radical (unpaired) electrons. The molecule has 0 amide bonds. The molecule has 0 fully saturated rings. The van der Waals surface area contributed by atoms with E-state index in [9.17, 15) is 4.79 Å². The Morgan fingerprint density at radius 3 is 2.92 bits per heavy atom. The number of hydrogen-bond donors (Lipinski definition) is 2. The molecule has 2 rings (SSSR count). The lowest BCUT2D eigenvalue weighted by Crippen LogP contribution is -2.16. The molecule has 0 saturated carbocycles. The Bertz CT molecular complexity index is 366. The highest BCUT2D eigenvalue weighted by molar-refractivity contribution is 5.88. The molecule has 4 nitrogen and oxygen atoms in total. The quantitative estimate of drug-likeness (QED) is 0.685. The Morgan fingerprint density at radius 1 is 1.62 bits per heavy atom. The molecule has 1 aliphatic rings. The number of H-pyrrole nitrogens is 1. The average molecular weight is 180 g/mol. The second-order valence-electron chi connectivity index (χ2n) is 4.11. The number of fused-ring (bicyclic) bond motifs is 1. The largest absolute Gasteiger partial charge is 0.476 e. The van der Waals surface area contributed by atoms with Gasteiger partial charge in [-0.25, -0.2) is 4.79 Å². The first-order valence-corrected chi connectivity index (χ1v) is 4.33. The highest BCUT2D eigenvalue weighted by Gasteiger charge is 2.36. The van der Waals surface area contributed by atoms with Crippen LogP contribution in [0.3, 0.4) is 0 Å². The van der Waals surface area contributed by atoms with Crippen LogP contribution in [-0.2, 0) is 11.8 Å². The minimum Gasteiger partial charge on any atom is -0.476 e. The van der Waals surface area contributed by atoms with Crippen LogP contribution in [0.15, 0.2) is 0 Å². The van der Waals surface area contributed by atoms with Gasteiger partial charge in [-0.05, 0) is 18.3 Å². The van der Waals surface area contributed by atoms with E-state index >= 15 is 0 Å². The van der Waals surface area contributed by atoms with E-state index in [1.54, 1.807) is 0 Å². The van der Waals surface area contributed by atoms with Crippen molar-refractivity contribution in [2.24, 2.45) is 0 Å². The summed E-state index contributed by atoms with van der Waals surface area (Å²) in [5, 5.41) is 15.5. The number of carboxylic acids is 1. The second-order valence-corrected chi connectivity index (χ2v) is 4.11. The maximum absolute atomic E-state index is 10.8. The third-order valence-electron chi connectivity index (χ3n) is 2.72. The Kier molecular flexibility index (Phi) is 1.49. The Balaban J connectivity index is 2.59. The van der Waals surface area contributed by atoms with Crippen molar-refractivity contribution in [1.82, 2.24) is 10.2 Å². The lowest BCUT2D eigenvalue weighted by Gasteiger charge is -2.17. The Labute approximate surface area is 76.0 Å². The van der Waals surface area contributed by atoms with Gasteiger partial charge < -0.3 is 5.11 Å². The Hall–Kier alpha value is -1.32. The molecular weight excluding hydrogens is 168 g/mol. The van der Waals surface area contributed by atoms with E-state index in [0.717, 1.165) is 24.1 Å². The van der Waals surface area contributed by atoms with Gasteiger partial charge in [0.1, 0.15) is 0 Å². The van der Waals surface area contributed by atoms with Gasteiger partial charge in [-0.3, -0.25) is 5.10 Å². The number of hydrogen-bond acceptors (Lipinski definition) is 2. The molecule has 0 unspecified atom stereocenters. The summed E-state index contributed by atoms with van der Waals surface area (Å²) in [7, 11) is 0. The van der Waals surface area contributed by atoms with Gasteiger partial charge in [-0.2, -0.15) is 5.10 Å². The lowest BCUT2D eigenvalue weighted by atomic mass is 9.86. The fourth-order valence-corrected chi connectivity index (χ4v) is 2.01. The highest BCUT2D eigenvalue weighted by Crippen LogP contribution is 2.39. The zero-order valence-corrected chi connectivity index (χ0v) is 7.72. The number of aryl methyl sites for hydroxylation is 1. The SMILES string of the molecule is CC1(C)CCc2[nH]nc(C(=O)O)c21. The zero-order valence-electron chi connectivity index (χ0n) is 7.72. The van der Waals surface area contributed by atoms with Gasteiger partial charge in [0.15, 0.2) is 5.69 Å². The summed E-state index contributed by atoms with van der Waals surface area (Å²) < 4.78 is 0. The van der Waals surface area contributed by atoms with E-state index in [-0.39, 0.29) is 11.1 Å². The monoisotopic (exact) mass is 180 g/mol.